The van der Waals surface area contributed by atoms with Crippen molar-refractivity contribution in [2.75, 3.05) is 6.54 Å². The van der Waals surface area contributed by atoms with Crippen LogP contribution in [0.5, 0.6) is 0 Å². The number of hydrogen-bond donors (Lipinski definition) is 2. The first-order valence-electron chi connectivity index (χ1n) is 8.66. The zero-order chi connectivity index (χ0) is 19.2. The summed E-state index contributed by atoms with van der Waals surface area (Å²) >= 11 is 1.28. The van der Waals surface area contributed by atoms with Crippen LogP contribution in [0.25, 0.3) is 22.0 Å². The van der Waals surface area contributed by atoms with Crippen LogP contribution in [0.2, 0.25) is 0 Å². The molecule has 2 aromatic carbocycles. The van der Waals surface area contributed by atoms with Crippen molar-refractivity contribution < 1.29 is 9.59 Å². The van der Waals surface area contributed by atoms with Gasteiger partial charge in [-0.15, -0.1) is 10.2 Å². The molecule has 2 N–H and O–H groups in total. The number of fused-ring (bicyclic) bond motifs is 1. The first kappa shape index (κ1) is 18.8. The van der Waals surface area contributed by atoms with Crippen LogP contribution in [0.4, 0.5) is 4.79 Å². The quantitative estimate of drug-likeness (QED) is 0.661. The number of nitrogens with zero attached hydrogens (tertiary/aromatic N) is 2. The van der Waals surface area contributed by atoms with Crippen molar-refractivity contribution in [2.45, 2.75) is 24.1 Å². The predicted molar refractivity (Wildman–Crippen MR) is 108 cm³/mol. The van der Waals surface area contributed by atoms with Gasteiger partial charge in [-0.3, -0.25) is 10.1 Å². The van der Waals surface area contributed by atoms with Crippen LogP contribution < -0.4 is 10.6 Å². The van der Waals surface area contributed by atoms with E-state index in [1.165, 1.54) is 11.8 Å². The maximum atomic E-state index is 12.2. The molecule has 0 saturated carbocycles. The molecule has 1 atom stereocenters. The van der Waals surface area contributed by atoms with Crippen molar-refractivity contribution in [1.29, 1.82) is 0 Å². The Labute approximate surface area is 161 Å². The summed E-state index contributed by atoms with van der Waals surface area (Å²) in [5.74, 6) is -0.371. The van der Waals surface area contributed by atoms with Gasteiger partial charge in [-0.1, -0.05) is 66.4 Å². The second-order valence-electron chi connectivity index (χ2n) is 5.87. The molecule has 0 saturated heterocycles. The van der Waals surface area contributed by atoms with Crippen LogP contribution in [0, 0.1) is 0 Å². The molecular weight excluding hydrogens is 360 g/mol. The molecule has 138 valence electrons. The van der Waals surface area contributed by atoms with Crippen molar-refractivity contribution >= 4 is 34.5 Å². The molecule has 0 aliphatic rings. The van der Waals surface area contributed by atoms with Crippen LogP contribution in [0.15, 0.2) is 59.6 Å². The summed E-state index contributed by atoms with van der Waals surface area (Å²) in [4.78, 5) is 23.8. The van der Waals surface area contributed by atoms with Crippen LogP contribution >= 0.6 is 11.8 Å². The number of carbonyl (C=O) groups is 2. The van der Waals surface area contributed by atoms with E-state index in [0.717, 1.165) is 22.0 Å². The standard InChI is InChI=1S/C20H20N4O2S/c1-3-21-20(26)22-18(25)13(2)27-19-16-12-8-7-11-15(16)17(23-24-19)14-9-5-4-6-10-14/h4-13H,3H2,1-2H3,(H2,21,22,25,26)/t13-/m0/s1. The molecule has 0 bridgehead atoms. The van der Waals surface area contributed by atoms with E-state index in [9.17, 15) is 9.59 Å². The van der Waals surface area contributed by atoms with Crippen LogP contribution in [-0.4, -0.2) is 33.9 Å². The molecule has 0 spiro atoms. The van der Waals surface area contributed by atoms with Crippen molar-refractivity contribution in [1.82, 2.24) is 20.8 Å². The van der Waals surface area contributed by atoms with E-state index in [1.807, 2.05) is 54.6 Å². The van der Waals surface area contributed by atoms with E-state index < -0.39 is 11.3 Å². The fraction of sp³-hybridized carbons (Fsp3) is 0.200. The number of benzene rings is 2. The number of aromatic nitrogens is 2. The van der Waals surface area contributed by atoms with Crippen LogP contribution in [0.1, 0.15) is 13.8 Å². The van der Waals surface area contributed by atoms with Gasteiger partial charge in [-0.2, -0.15) is 0 Å². The summed E-state index contributed by atoms with van der Waals surface area (Å²) in [6.07, 6.45) is 0. The topological polar surface area (TPSA) is 84.0 Å². The largest absolute Gasteiger partial charge is 0.338 e. The highest BCUT2D eigenvalue weighted by molar-refractivity contribution is 8.00. The molecule has 7 heteroatoms. The zero-order valence-electron chi connectivity index (χ0n) is 15.1. The number of amides is 3. The smallest absolute Gasteiger partial charge is 0.321 e. The van der Waals surface area contributed by atoms with Gasteiger partial charge in [0.15, 0.2) is 0 Å². The molecule has 3 amide bonds. The Morgan fingerprint density at radius 3 is 2.37 bits per heavy atom. The van der Waals surface area contributed by atoms with Gasteiger partial charge in [0.1, 0.15) is 10.7 Å². The monoisotopic (exact) mass is 380 g/mol. The highest BCUT2D eigenvalue weighted by Gasteiger charge is 2.20. The molecule has 0 radical (unpaired) electrons. The molecule has 3 rings (SSSR count). The van der Waals surface area contributed by atoms with Crippen LogP contribution in [0.3, 0.4) is 0 Å². The fourth-order valence-electron chi connectivity index (χ4n) is 2.61. The second kappa shape index (κ2) is 8.64. The average molecular weight is 380 g/mol. The van der Waals surface area contributed by atoms with E-state index >= 15 is 0 Å². The third-order valence-corrected chi connectivity index (χ3v) is 5.02. The summed E-state index contributed by atoms with van der Waals surface area (Å²) < 4.78 is 0. The minimum absolute atomic E-state index is 0.371. The molecule has 27 heavy (non-hydrogen) atoms. The third kappa shape index (κ3) is 4.43. The van der Waals surface area contributed by atoms with Crippen molar-refractivity contribution in [3.05, 3.63) is 54.6 Å². The van der Waals surface area contributed by atoms with E-state index in [2.05, 4.69) is 20.8 Å². The molecule has 0 unspecified atom stereocenters. The van der Waals surface area contributed by atoms with E-state index in [1.54, 1.807) is 13.8 Å². The Morgan fingerprint density at radius 2 is 1.67 bits per heavy atom. The summed E-state index contributed by atoms with van der Waals surface area (Å²) in [5, 5.41) is 15.7. The predicted octanol–water partition coefficient (Wildman–Crippen LogP) is 3.62. The van der Waals surface area contributed by atoms with Gasteiger partial charge >= 0.3 is 6.03 Å². The van der Waals surface area contributed by atoms with Gasteiger partial charge in [-0.05, 0) is 13.8 Å². The molecule has 0 aliphatic carbocycles. The third-order valence-electron chi connectivity index (χ3n) is 3.93. The molecular formula is C20H20N4O2S. The second-order valence-corrected chi connectivity index (χ2v) is 7.20. The molecule has 0 aliphatic heterocycles. The minimum atomic E-state index is -0.495. The lowest BCUT2D eigenvalue weighted by Gasteiger charge is -2.13. The Balaban J connectivity index is 1.88. The van der Waals surface area contributed by atoms with Gasteiger partial charge in [-0.25, -0.2) is 4.79 Å². The number of nitrogens with one attached hydrogen (secondary N) is 2. The first-order chi connectivity index (χ1) is 13.1. The first-order valence-corrected chi connectivity index (χ1v) is 9.54. The highest BCUT2D eigenvalue weighted by atomic mass is 32.2. The van der Waals surface area contributed by atoms with Gasteiger partial charge in [0, 0.05) is 22.9 Å². The number of urea groups is 1. The van der Waals surface area contributed by atoms with E-state index in [-0.39, 0.29) is 5.91 Å². The normalized spacial score (nSPS) is 11.8. The zero-order valence-corrected chi connectivity index (χ0v) is 15.9. The van der Waals surface area contributed by atoms with Crippen molar-refractivity contribution in [3.8, 4) is 11.3 Å². The van der Waals surface area contributed by atoms with Gasteiger partial charge in [0.2, 0.25) is 5.91 Å². The van der Waals surface area contributed by atoms with Gasteiger partial charge < -0.3 is 5.32 Å². The molecule has 3 aromatic rings. The lowest BCUT2D eigenvalue weighted by Crippen LogP contribution is -2.42. The van der Waals surface area contributed by atoms with E-state index in [0.29, 0.717) is 11.6 Å². The highest BCUT2D eigenvalue weighted by Crippen LogP contribution is 2.33. The summed E-state index contributed by atoms with van der Waals surface area (Å²) in [5.41, 5.74) is 1.79. The minimum Gasteiger partial charge on any atom is -0.338 e. The van der Waals surface area contributed by atoms with Crippen molar-refractivity contribution in [3.63, 3.8) is 0 Å². The Bertz CT molecular complexity index is 963. The maximum absolute atomic E-state index is 12.2. The molecule has 0 fully saturated rings. The van der Waals surface area contributed by atoms with Gasteiger partial charge in [0.25, 0.3) is 0 Å². The van der Waals surface area contributed by atoms with Crippen molar-refractivity contribution in [2.24, 2.45) is 0 Å². The lowest BCUT2D eigenvalue weighted by molar-refractivity contribution is -0.119. The average Bonchev–Trinajstić information content (AvgIpc) is 2.69. The SMILES string of the molecule is CCNC(=O)NC(=O)[C@H](C)Sc1nnc(-c2ccccc2)c2ccccc12. The Hall–Kier alpha value is -2.93. The molecule has 1 aromatic heterocycles. The number of rotatable bonds is 5. The van der Waals surface area contributed by atoms with Gasteiger partial charge in [0.05, 0.1) is 5.25 Å². The number of carbonyl (C=O) groups excluding carboxylic acids is 2. The van der Waals surface area contributed by atoms with E-state index in [4.69, 9.17) is 0 Å². The lowest BCUT2D eigenvalue weighted by atomic mass is 10.1. The fourth-order valence-corrected chi connectivity index (χ4v) is 3.51. The van der Waals surface area contributed by atoms with Crippen LogP contribution in [-0.2, 0) is 4.79 Å². The Kier molecular flexibility index (Phi) is 6.03. The number of thioether (sulfide) groups is 1. The summed E-state index contributed by atoms with van der Waals surface area (Å²) in [7, 11) is 0. The molecule has 6 nitrogen and oxygen atoms in total. The summed E-state index contributed by atoms with van der Waals surface area (Å²) in [6, 6.07) is 17.2. The number of imide groups is 1. The number of hydrogen-bond acceptors (Lipinski definition) is 5. The molecule has 1 heterocycles. The summed E-state index contributed by atoms with van der Waals surface area (Å²) in [6.45, 7) is 3.98. The maximum Gasteiger partial charge on any atom is 0.321 e. The Morgan fingerprint density at radius 1 is 1.00 bits per heavy atom.